The molecule has 17 heteroatoms. The van der Waals surface area contributed by atoms with E-state index < -0.39 is 37.2 Å². The van der Waals surface area contributed by atoms with E-state index >= 15 is 0 Å². The van der Waals surface area contributed by atoms with Crippen molar-refractivity contribution in [2.24, 2.45) is 21.6 Å². The Morgan fingerprint density at radius 3 is 1.73 bits per heavy atom. The van der Waals surface area contributed by atoms with E-state index in [2.05, 4.69) is 37.8 Å². The van der Waals surface area contributed by atoms with Gasteiger partial charge >= 0.3 is 0 Å². The molecule has 15 nitrogen and oxygen atoms in total. The standard InChI is InChI=1S/C38H48N4O11S2/c1-20-21(2)31(35(40)42-51-11-9-13-55(48,49)50)33-32(30(20)34(39)41-10-7-8-12-54(45,46)47)52-28-16-23-25(17-29(28)53-33)38(19-37(23,5)6)18-36(3,4)22-14-26(43)27(44)15-24(22)38/h14-17,43-44H,7-13,18-19H2,1-6H3,(H2,39,41)(H2,40,42)(H,45,46,47)(H,48,49,50). The molecule has 1 heterocycles. The van der Waals surface area contributed by atoms with Crippen molar-refractivity contribution in [2.75, 3.05) is 24.7 Å². The van der Waals surface area contributed by atoms with Gasteiger partial charge in [0.2, 0.25) is 0 Å². The van der Waals surface area contributed by atoms with Crippen LogP contribution in [-0.2, 0) is 41.3 Å². The fourth-order valence-electron chi connectivity index (χ4n) is 8.61. The lowest BCUT2D eigenvalue weighted by Gasteiger charge is -2.31. The number of nitrogens with zero attached hydrogens (tertiary/aromatic N) is 2. The molecule has 1 atom stereocenters. The van der Waals surface area contributed by atoms with Crippen LogP contribution in [0.15, 0.2) is 34.4 Å². The number of unbranched alkanes of at least 4 members (excludes halogenated alkanes) is 1. The van der Waals surface area contributed by atoms with Crippen LogP contribution < -0.4 is 20.9 Å². The minimum atomic E-state index is -4.19. The van der Waals surface area contributed by atoms with Crippen molar-refractivity contribution >= 4 is 31.9 Å². The highest BCUT2D eigenvalue weighted by atomic mass is 32.2. The molecule has 1 spiro atoms. The first kappa shape index (κ1) is 40.1. The summed E-state index contributed by atoms with van der Waals surface area (Å²) in [5.41, 5.74) is 17.9. The minimum absolute atomic E-state index is 0.0323. The zero-order valence-electron chi connectivity index (χ0n) is 31.7. The molecule has 3 aliphatic rings. The number of oxime groups is 1. The maximum atomic E-state index is 11.2. The van der Waals surface area contributed by atoms with E-state index in [4.69, 9.17) is 34.9 Å². The summed E-state index contributed by atoms with van der Waals surface area (Å²) in [6, 6.07) is 7.25. The Bertz CT molecular complexity index is 2370. The molecule has 2 aliphatic carbocycles. The van der Waals surface area contributed by atoms with Gasteiger partial charge in [0.15, 0.2) is 40.3 Å². The van der Waals surface area contributed by atoms with Gasteiger partial charge in [-0.15, -0.1) is 0 Å². The highest BCUT2D eigenvalue weighted by Crippen LogP contribution is 2.65. The second kappa shape index (κ2) is 13.9. The predicted molar refractivity (Wildman–Crippen MR) is 207 cm³/mol. The zero-order valence-corrected chi connectivity index (χ0v) is 33.3. The Morgan fingerprint density at radius 1 is 0.727 bits per heavy atom. The molecule has 0 bridgehead atoms. The molecule has 0 saturated heterocycles. The summed E-state index contributed by atoms with van der Waals surface area (Å²) in [7, 11) is -8.30. The van der Waals surface area contributed by atoms with Crippen molar-refractivity contribution in [1.29, 1.82) is 0 Å². The fourth-order valence-corrected chi connectivity index (χ4v) is 9.66. The van der Waals surface area contributed by atoms with Crippen LogP contribution in [-0.4, -0.2) is 72.5 Å². The van der Waals surface area contributed by atoms with Crippen LogP contribution in [0.3, 0.4) is 0 Å². The summed E-state index contributed by atoms with van der Waals surface area (Å²) in [5, 5.41) is 25.2. The van der Waals surface area contributed by atoms with Gasteiger partial charge in [0.1, 0.15) is 12.4 Å². The van der Waals surface area contributed by atoms with Gasteiger partial charge in [-0.25, -0.2) is 0 Å². The van der Waals surface area contributed by atoms with E-state index in [1.165, 1.54) is 0 Å². The third kappa shape index (κ3) is 7.54. The lowest BCUT2D eigenvalue weighted by molar-refractivity contribution is 0.145. The van der Waals surface area contributed by atoms with Gasteiger partial charge in [-0.1, -0.05) is 32.9 Å². The maximum absolute atomic E-state index is 11.2. The number of phenols is 2. The third-order valence-electron chi connectivity index (χ3n) is 11.0. The Labute approximate surface area is 320 Å². The molecule has 55 heavy (non-hydrogen) atoms. The van der Waals surface area contributed by atoms with Crippen molar-refractivity contribution in [3.63, 3.8) is 0 Å². The topological polar surface area (TPSA) is 254 Å². The summed E-state index contributed by atoms with van der Waals surface area (Å²) < 4.78 is 76.3. The molecule has 0 radical (unpaired) electrons. The molecule has 0 saturated carbocycles. The van der Waals surface area contributed by atoms with Gasteiger partial charge in [-0.3, -0.25) is 14.1 Å². The van der Waals surface area contributed by atoms with Crippen molar-refractivity contribution < 1.29 is 50.5 Å². The lowest BCUT2D eigenvalue weighted by atomic mass is 9.72. The molecular weight excluding hydrogens is 753 g/mol. The second-order valence-corrected chi connectivity index (χ2v) is 19.2. The number of benzene rings is 3. The molecule has 3 aromatic carbocycles. The highest BCUT2D eigenvalue weighted by molar-refractivity contribution is 7.86. The van der Waals surface area contributed by atoms with Gasteiger partial charge < -0.3 is 36.0 Å². The number of aromatic hydroxyl groups is 2. The van der Waals surface area contributed by atoms with Gasteiger partial charge in [0.05, 0.1) is 22.6 Å². The first-order chi connectivity index (χ1) is 25.5. The van der Waals surface area contributed by atoms with Gasteiger partial charge in [0.25, 0.3) is 20.2 Å². The smallest absolute Gasteiger partial charge is 0.264 e. The Balaban J connectivity index is 1.46. The lowest BCUT2D eigenvalue weighted by Crippen LogP contribution is -2.27. The van der Waals surface area contributed by atoms with E-state index in [0.29, 0.717) is 53.0 Å². The quantitative estimate of drug-likeness (QED) is 0.0257. The van der Waals surface area contributed by atoms with Crippen LogP contribution in [0.2, 0.25) is 0 Å². The molecule has 0 amide bonds. The summed E-state index contributed by atoms with van der Waals surface area (Å²) >= 11 is 0. The normalized spacial score (nSPS) is 19.6. The van der Waals surface area contributed by atoms with Crippen molar-refractivity contribution in [3.05, 3.63) is 68.8 Å². The van der Waals surface area contributed by atoms with E-state index in [0.717, 1.165) is 22.3 Å². The first-order valence-electron chi connectivity index (χ1n) is 17.9. The number of nitrogens with two attached hydrogens (primary N) is 2. The van der Waals surface area contributed by atoms with Gasteiger partial charge in [-0.05, 0) is 108 Å². The molecule has 298 valence electrons. The molecule has 3 aromatic rings. The average Bonchev–Trinajstić information content (AvgIpc) is 3.40. The van der Waals surface area contributed by atoms with Crippen LogP contribution in [0.1, 0.15) is 104 Å². The fraction of sp³-hybridized carbons (Fsp3) is 0.474. The SMILES string of the molecule is Cc1c(C)c(/C(N)=N/OCCCS(=O)(=O)O)c2c(c1C(N)=NCCCCS(=O)(=O)O)Oc1cc3c(cc1O2)C1(CC(C)(C)c2cc(O)c(O)cc21)CC3(C)C. The number of hydrogen-bond donors (Lipinski definition) is 6. The third-order valence-corrected chi connectivity index (χ3v) is 12.6. The molecule has 0 aromatic heterocycles. The molecule has 8 N–H and O–H groups in total. The minimum Gasteiger partial charge on any atom is -0.504 e. The van der Waals surface area contributed by atoms with E-state index in [9.17, 15) is 27.0 Å². The summed E-state index contributed by atoms with van der Waals surface area (Å²) in [6.07, 6.45) is 1.92. The monoisotopic (exact) mass is 800 g/mol. The first-order valence-corrected chi connectivity index (χ1v) is 21.1. The van der Waals surface area contributed by atoms with Crippen molar-refractivity contribution in [3.8, 4) is 34.5 Å². The van der Waals surface area contributed by atoms with Crippen molar-refractivity contribution in [1.82, 2.24) is 0 Å². The summed E-state index contributed by atoms with van der Waals surface area (Å²) in [5.74, 6) is -0.0728. The van der Waals surface area contributed by atoms with Crippen LogP contribution in [0.4, 0.5) is 0 Å². The Morgan fingerprint density at radius 2 is 1.18 bits per heavy atom. The van der Waals surface area contributed by atoms with Crippen LogP contribution in [0, 0.1) is 13.8 Å². The number of phenolic OH excluding ortho intramolecular Hbond substituents is 2. The molecule has 6 rings (SSSR count). The summed E-state index contributed by atoms with van der Waals surface area (Å²) in [6.45, 7) is 12.2. The van der Waals surface area contributed by atoms with Gasteiger partial charge in [0, 0.05) is 18.4 Å². The van der Waals surface area contributed by atoms with Crippen LogP contribution in [0.5, 0.6) is 34.5 Å². The van der Waals surface area contributed by atoms with E-state index in [1.54, 1.807) is 26.0 Å². The molecule has 0 fully saturated rings. The van der Waals surface area contributed by atoms with E-state index in [-0.39, 0.29) is 71.5 Å². The molecular formula is C38H48N4O11S2. The summed E-state index contributed by atoms with van der Waals surface area (Å²) in [4.78, 5) is 9.85. The Hall–Kier alpha value is -4.58. The number of aliphatic imine (C=N–C) groups is 1. The van der Waals surface area contributed by atoms with E-state index in [1.807, 2.05) is 12.1 Å². The maximum Gasteiger partial charge on any atom is 0.264 e. The number of ether oxygens (including phenoxy) is 2. The zero-order chi connectivity index (χ0) is 40.5. The number of fused-ring (bicyclic) bond motifs is 6. The predicted octanol–water partition coefficient (Wildman–Crippen LogP) is 5.55. The van der Waals surface area contributed by atoms with Crippen LogP contribution in [0.25, 0.3) is 0 Å². The second-order valence-electron chi connectivity index (χ2n) is 16.0. The molecule has 1 aliphatic heterocycles. The number of hydrogen-bond acceptors (Lipinski definition) is 11. The van der Waals surface area contributed by atoms with Crippen molar-refractivity contribution in [2.45, 2.75) is 89.9 Å². The Kier molecular flexibility index (Phi) is 10.1. The average molecular weight is 801 g/mol. The highest BCUT2D eigenvalue weighted by Gasteiger charge is 2.57. The molecule has 1 unspecified atom stereocenters. The van der Waals surface area contributed by atoms with Crippen LogP contribution >= 0.6 is 0 Å². The number of rotatable bonds is 12. The van der Waals surface area contributed by atoms with Gasteiger partial charge in [-0.2, -0.15) is 16.8 Å². The largest absolute Gasteiger partial charge is 0.504 e. The number of amidine groups is 2.